The van der Waals surface area contributed by atoms with E-state index in [-0.39, 0.29) is 5.91 Å². The molecule has 0 saturated carbocycles. The Labute approximate surface area is 107 Å². The van der Waals surface area contributed by atoms with E-state index in [0.717, 1.165) is 24.5 Å². The minimum Gasteiger partial charge on any atom is -0.385 e. The normalized spacial score (nSPS) is 10.2. The van der Waals surface area contributed by atoms with Crippen molar-refractivity contribution in [3.05, 3.63) is 29.8 Å². The van der Waals surface area contributed by atoms with Crippen LogP contribution < -0.4 is 5.32 Å². The lowest BCUT2D eigenvalue weighted by atomic mass is 10.2. The summed E-state index contributed by atoms with van der Waals surface area (Å²) in [5.41, 5.74) is 2.05. The highest BCUT2D eigenvalue weighted by molar-refractivity contribution is 7.99. The number of aryl methyl sites for hydroxylation is 1. The largest absolute Gasteiger partial charge is 0.385 e. The Morgan fingerprint density at radius 1 is 1.35 bits per heavy atom. The first-order chi connectivity index (χ1) is 8.22. The molecule has 1 N–H and O–H groups in total. The number of methoxy groups -OCH3 is 1. The number of ether oxygens (including phenoxy) is 1. The average molecular weight is 253 g/mol. The lowest BCUT2D eigenvalue weighted by Crippen LogP contribution is -2.14. The molecule has 1 aromatic carbocycles. The van der Waals surface area contributed by atoms with Gasteiger partial charge in [0.05, 0.1) is 5.75 Å². The molecule has 0 heterocycles. The van der Waals surface area contributed by atoms with Crippen LogP contribution in [-0.4, -0.2) is 31.1 Å². The van der Waals surface area contributed by atoms with Gasteiger partial charge in [0.25, 0.3) is 0 Å². The molecule has 0 unspecified atom stereocenters. The Hall–Kier alpha value is -1.00. The first-order valence-corrected chi connectivity index (χ1v) is 6.81. The third-order valence-electron chi connectivity index (χ3n) is 2.21. The number of amides is 1. The summed E-state index contributed by atoms with van der Waals surface area (Å²) >= 11 is 1.63. The van der Waals surface area contributed by atoms with Crippen molar-refractivity contribution in [3.63, 3.8) is 0 Å². The molecule has 4 heteroatoms. The molecular formula is C13H19NO2S. The number of thioether (sulfide) groups is 1. The Bertz CT molecular complexity index is 338. The van der Waals surface area contributed by atoms with E-state index in [1.54, 1.807) is 18.9 Å². The average Bonchev–Trinajstić information content (AvgIpc) is 2.32. The number of nitrogens with one attached hydrogen (secondary N) is 1. The van der Waals surface area contributed by atoms with Crippen LogP contribution >= 0.6 is 11.8 Å². The predicted octanol–water partition coefficient (Wildman–Crippen LogP) is 2.70. The summed E-state index contributed by atoms with van der Waals surface area (Å²) in [5.74, 6) is 1.50. The molecule has 0 radical (unpaired) electrons. The van der Waals surface area contributed by atoms with Gasteiger partial charge in [0.15, 0.2) is 0 Å². The number of benzene rings is 1. The second kappa shape index (κ2) is 8.14. The molecule has 1 aromatic rings. The van der Waals surface area contributed by atoms with Gasteiger partial charge < -0.3 is 10.1 Å². The zero-order valence-corrected chi connectivity index (χ0v) is 11.2. The summed E-state index contributed by atoms with van der Waals surface area (Å²) in [6.07, 6.45) is 0.985. The Morgan fingerprint density at radius 3 is 2.71 bits per heavy atom. The smallest absolute Gasteiger partial charge is 0.234 e. The SMILES string of the molecule is COCCCSCC(=O)Nc1ccc(C)cc1. The van der Waals surface area contributed by atoms with Crippen molar-refractivity contribution in [2.75, 3.05) is 30.5 Å². The number of hydrogen-bond donors (Lipinski definition) is 1. The van der Waals surface area contributed by atoms with E-state index in [9.17, 15) is 4.79 Å². The molecule has 0 atom stereocenters. The van der Waals surface area contributed by atoms with E-state index in [0.29, 0.717) is 5.75 Å². The van der Waals surface area contributed by atoms with Crippen LogP contribution in [0.4, 0.5) is 5.69 Å². The van der Waals surface area contributed by atoms with Crippen molar-refractivity contribution in [3.8, 4) is 0 Å². The maximum absolute atomic E-state index is 11.6. The highest BCUT2D eigenvalue weighted by Crippen LogP contribution is 2.10. The van der Waals surface area contributed by atoms with Crippen LogP contribution in [0.3, 0.4) is 0 Å². The van der Waals surface area contributed by atoms with E-state index >= 15 is 0 Å². The maximum atomic E-state index is 11.6. The van der Waals surface area contributed by atoms with Crippen LogP contribution in [-0.2, 0) is 9.53 Å². The number of anilines is 1. The number of hydrogen-bond acceptors (Lipinski definition) is 3. The molecular weight excluding hydrogens is 234 g/mol. The van der Waals surface area contributed by atoms with E-state index in [1.165, 1.54) is 5.56 Å². The van der Waals surface area contributed by atoms with Crippen LogP contribution in [0.2, 0.25) is 0 Å². The van der Waals surface area contributed by atoms with Gasteiger partial charge in [0, 0.05) is 19.4 Å². The van der Waals surface area contributed by atoms with E-state index in [1.807, 2.05) is 31.2 Å². The first kappa shape index (κ1) is 14.1. The molecule has 0 spiro atoms. The second-order valence-corrected chi connectivity index (χ2v) is 4.92. The Balaban J connectivity index is 2.18. The summed E-state index contributed by atoms with van der Waals surface area (Å²) in [4.78, 5) is 11.6. The third kappa shape index (κ3) is 6.34. The molecule has 0 fully saturated rings. The van der Waals surface area contributed by atoms with Gasteiger partial charge in [0.2, 0.25) is 5.91 Å². The van der Waals surface area contributed by atoms with Crippen LogP contribution in [0, 0.1) is 6.92 Å². The number of carbonyl (C=O) groups is 1. The molecule has 0 aromatic heterocycles. The lowest BCUT2D eigenvalue weighted by Gasteiger charge is -2.05. The van der Waals surface area contributed by atoms with Gasteiger partial charge in [0.1, 0.15) is 0 Å². The molecule has 0 aliphatic carbocycles. The standard InChI is InChI=1S/C13H19NO2S/c1-11-4-6-12(7-5-11)14-13(15)10-17-9-3-8-16-2/h4-7H,3,8-10H2,1-2H3,(H,14,15). The first-order valence-electron chi connectivity index (χ1n) is 5.65. The Morgan fingerprint density at radius 2 is 2.06 bits per heavy atom. The van der Waals surface area contributed by atoms with Crippen molar-refractivity contribution in [2.24, 2.45) is 0 Å². The third-order valence-corrected chi connectivity index (χ3v) is 3.25. The lowest BCUT2D eigenvalue weighted by molar-refractivity contribution is -0.113. The fraction of sp³-hybridized carbons (Fsp3) is 0.462. The van der Waals surface area contributed by atoms with Gasteiger partial charge >= 0.3 is 0 Å². The van der Waals surface area contributed by atoms with Gasteiger partial charge in [-0.05, 0) is 31.2 Å². The predicted molar refractivity (Wildman–Crippen MR) is 73.6 cm³/mol. The summed E-state index contributed by atoms with van der Waals surface area (Å²) in [6, 6.07) is 7.81. The molecule has 0 aliphatic rings. The Kier molecular flexibility index (Phi) is 6.74. The highest BCUT2D eigenvalue weighted by Gasteiger charge is 2.01. The van der Waals surface area contributed by atoms with Crippen LogP contribution in [0.1, 0.15) is 12.0 Å². The monoisotopic (exact) mass is 253 g/mol. The topological polar surface area (TPSA) is 38.3 Å². The minimum atomic E-state index is 0.0521. The van der Waals surface area contributed by atoms with E-state index in [2.05, 4.69) is 5.32 Å². The zero-order valence-electron chi connectivity index (χ0n) is 10.4. The fourth-order valence-corrected chi connectivity index (χ4v) is 2.03. The highest BCUT2D eigenvalue weighted by atomic mass is 32.2. The number of rotatable bonds is 7. The molecule has 1 amide bonds. The van der Waals surface area contributed by atoms with Gasteiger partial charge in [-0.25, -0.2) is 0 Å². The van der Waals surface area contributed by atoms with Gasteiger partial charge in [-0.15, -0.1) is 0 Å². The van der Waals surface area contributed by atoms with Crippen LogP contribution in [0.25, 0.3) is 0 Å². The van der Waals surface area contributed by atoms with Crippen LogP contribution in [0.15, 0.2) is 24.3 Å². The van der Waals surface area contributed by atoms with E-state index in [4.69, 9.17) is 4.74 Å². The van der Waals surface area contributed by atoms with Crippen molar-refractivity contribution in [1.82, 2.24) is 0 Å². The van der Waals surface area contributed by atoms with Gasteiger partial charge in [-0.3, -0.25) is 4.79 Å². The molecule has 3 nitrogen and oxygen atoms in total. The summed E-state index contributed by atoms with van der Waals surface area (Å²) < 4.78 is 4.94. The summed E-state index contributed by atoms with van der Waals surface area (Å²) in [5, 5.41) is 2.87. The minimum absolute atomic E-state index is 0.0521. The molecule has 0 bridgehead atoms. The molecule has 0 aliphatic heterocycles. The summed E-state index contributed by atoms with van der Waals surface area (Å²) in [6.45, 7) is 2.78. The molecule has 1 rings (SSSR count). The fourth-order valence-electron chi connectivity index (χ4n) is 1.30. The van der Waals surface area contributed by atoms with Gasteiger partial charge in [-0.2, -0.15) is 11.8 Å². The maximum Gasteiger partial charge on any atom is 0.234 e. The van der Waals surface area contributed by atoms with Crippen molar-refractivity contribution >= 4 is 23.4 Å². The van der Waals surface area contributed by atoms with E-state index < -0.39 is 0 Å². The number of carbonyl (C=O) groups excluding carboxylic acids is 1. The van der Waals surface area contributed by atoms with Crippen molar-refractivity contribution in [2.45, 2.75) is 13.3 Å². The zero-order chi connectivity index (χ0) is 12.5. The van der Waals surface area contributed by atoms with Crippen LogP contribution in [0.5, 0.6) is 0 Å². The quantitative estimate of drug-likeness (QED) is 0.759. The van der Waals surface area contributed by atoms with Crippen molar-refractivity contribution in [1.29, 1.82) is 0 Å². The molecule has 94 valence electrons. The summed E-state index contributed by atoms with van der Waals surface area (Å²) in [7, 11) is 1.69. The molecule has 17 heavy (non-hydrogen) atoms. The molecule has 0 saturated heterocycles. The van der Waals surface area contributed by atoms with Gasteiger partial charge in [-0.1, -0.05) is 17.7 Å². The van der Waals surface area contributed by atoms with Crippen molar-refractivity contribution < 1.29 is 9.53 Å². The second-order valence-electron chi connectivity index (χ2n) is 3.81.